The van der Waals surface area contributed by atoms with Gasteiger partial charge in [0.2, 0.25) is 0 Å². The molecule has 0 atom stereocenters. The fourth-order valence-electron chi connectivity index (χ4n) is 1.33. The lowest BCUT2D eigenvalue weighted by Crippen LogP contribution is -2.23. The minimum absolute atomic E-state index is 0.236. The first-order valence-corrected chi connectivity index (χ1v) is 4.72. The molecule has 0 spiro atoms. The van der Waals surface area contributed by atoms with Crippen molar-refractivity contribution in [3.05, 3.63) is 30.1 Å². The Morgan fingerprint density at radius 1 is 1.36 bits per heavy atom. The molecule has 0 amide bonds. The molecule has 1 aromatic carbocycles. The molecule has 1 aromatic rings. The summed E-state index contributed by atoms with van der Waals surface area (Å²) in [5, 5.41) is 0. The highest BCUT2D eigenvalue weighted by atomic mass is 19.1. The third kappa shape index (κ3) is 2.83. The molecule has 0 heterocycles. The molecular formula is C11H14FNO. The van der Waals surface area contributed by atoms with Gasteiger partial charge in [0.1, 0.15) is 12.1 Å². The summed E-state index contributed by atoms with van der Waals surface area (Å²) >= 11 is 0. The summed E-state index contributed by atoms with van der Waals surface area (Å²) in [6.07, 6.45) is 1.40. The maximum atomic E-state index is 12.6. The monoisotopic (exact) mass is 195 g/mol. The van der Waals surface area contributed by atoms with E-state index in [1.165, 1.54) is 12.1 Å². The average Bonchev–Trinajstić information content (AvgIpc) is 2.21. The summed E-state index contributed by atoms with van der Waals surface area (Å²) in [5.74, 6) is -0.236. The summed E-state index contributed by atoms with van der Waals surface area (Å²) in [5.41, 5.74) is 0.954. The van der Waals surface area contributed by atoms with Gasteiger partial charge >= 0.3 is 0 Å². The highest BCUT2D eigenvalue weighted by molar-refractivity contribution is 5.52. The number of carbonyl (C=O) groups excluding carboxylic acids is 1. The molecule has 14 heavy (non-hydrogen) atoms. The van der Waals surface area contributed by atoms with Crippen molar-refractivity contribution < 1.29 is 9.18 Å². The Balaban J connectivity index is 2.68. The van der Waals surface area contributed by atoms with Crippen molar-refractivity contribution in [2.24, 2.45) is 0 Å². The molecule has 2 nitrogen and oxygen atoms in total. The molecular weight excluding hydrogens is 181 g/mol. The van der Waals surface area contributed by atoms with Crippen molar-refractivity contribution in [2.45, 2.75) is 13.3 Å². The first-order valence-electron chi connectivity index (χ1n) is 4.72. The van der Waals surface area contributed by atoms with E-state index >= 15 is 0 Å². The van der Waals surface area contributed by atoms with E-state index in [0.717, 1.165) is 18.5 Å². The van der Waals surface area contributed by atoms with E-state index in [2.05, 4.69) is 0 Å². The van der Waals surface area contributed by atoms with Crippen LogP contribution in [-0.2, 0) is 4.79 Å². The highest BCUT2D eigenvalue weighted by Gasteiger charge is 2.02. The van der Waals surface area contributed by atoms with Crippen LogP contribution >= 0.6 is 0 Å². The molecule has 0 N–H and O–H groups in total. The van der Waals surface area contributed by atoms with E-state index in [9.17, 15) is 9.18 Å². The fraction of sp³-hybridized carbons (Fsp3) is 0.364. The molecule has 3 heteroatoms. The normalized spacial score (nSPS) is 9.86. The minimum Gasteiger partial charge on any atom is -0.371 e. The molecule has 0 unspecified atom stereocenters. The maximum absolute atomic E-state index is 12.6. The van der Waals surface area contributed by atoms with Crippen LogP contribution in [0, 0.1) is 5.82 Å². The van der Waals surface area contributed by atoms with Gasteiger partial charge in [0.25, 0.3) is 0 Å². The first-order chi connectivity index (χ1) is 6.77. The van der Waals surface area contributed by atoms with E-state index in [1.807, 2.05) is 11.8 Å². The van der Waals surface area contributed by atoms with Crippen molar-refractivity contribution in [3.63, 3.8) is 0 Å². The molecule has 0 aliphatic rings. The van der Waals surface area contributed by atoms with Gasteiger partial charge in [-0.05, 0) is 31.2 Å². The number of carbonyl (C=O) groups is 1. The zero-order chi connectivity index (χ0) is 10.4. The number of halogens is 1. The van der Waals surface area contributed by atoms with Crippen molar-refractivity contribution in [2.75, 3.05) is 18.0 Å². The zero-order valence-corrected chi connectivity index (χ0v) is 8.24. The largest absolute Gasteiger partial charge is 0.371 e. The Kier molecular flexibility index (Phi) is 4.11. The molecule has 1 rings (SSSR count). The van der Waals surface area contributed by atoms with Crippen LogP contribution in [0.15, 0.2) is 24.3 Å². The minimum atomic E-state index is -0.236. The standard InChI is InChI=1S/C11H14FNO/c1-2-13(8-3-9-14)11-6-4-10(12)5-7-11/h4-7,9H,2-3,8H2,1H3. The number of rotatable bonds is 5. The SMILES string of the molecule is CCN(CCC=O)c1ccc(F)cc1. The molecule has 0 aliphatic heterocycles. The molecule has 0 aromatic heterocycles. The van der Waals surface area contributed by atoms with Crippen LogP contribution in [-0.4, -0.2) is 19.4 Å². The van der Waals surface area contributed by atoms with Crippen LogP contribution in [0.4, 0.5) is 10.1 Å². The van der Waals surface area contributed by atoms with Gasteiger partial charge in [-0.25, -0.2) is 4.39 Å². The predicted octanol–water partition coefficient (Wildman–Crippen LogP) is 2.24. The van der Waals surface area contributed by atoms with Gasteiger partial charge in [-0.2, -0.15) is 0 Å². The summed E-state index contributed by atoms with van der Waals surface area (Å²) in [7, 11) is 0. The van der Waals surface area contributed by atoms with Gasteiger partial charge in [-0.1, -0.05) is 0 Å². The quantitative estimate of drug-likeness (QED) is 0.671. The fourth-order valence-corrected chi connectivity index (χ4v) is 1.33. The van der Waals surface area contributed by atoms with Crippen molar-refractivity contribution in [1.82, 2.24) is 0 Å². The Labute approximate surface area is 83.3 Å². The predicted molar refractivity (Wildman–Crippen MR) is 55.0 cm³/mol. The number of anilines is 1. The molecule has 0 fully saturated rings. The number of aldehydes is 1. The van der Waals surface area contributed by atoms with Crippen LogP contribution in [0.3, 0.4) is 0 Å². The van der Waals surface area contributed by atoms with Crippen molar-refractivity contribution in [1.29, 1.82) is 0 Å². The van der Waals surface area contributed by atoms with E-state index in [4.69, 9.17) is 0 Å². The summed E-state index contributed by atoms with van der Waals surface area (Å²) < 4.78 is 12.6. The molecule has 0 saturated heterocycles. The second-order valence-electron chi connectivity index (χ2n) is 3.01. The topological polar surface area (TPSA) is 20.3 Å². The smallest absolute Gasteiger partial charge is 0.123 e. The Morgan fingerprint density at radius 3 is 2.50 bits per heavy atom. The molecule has 0 aliphatic carbocycles. The van der Waals surface area contributed by atoms with Gasteiger partial charge in [0.15, 0.2) is 0 Å². The lowest BCUT2D eigenvalue weighted by atomic mass is 10.2. The van der Waals surface area contributed by atoms with Crippen molar-refractivity contribution in [3.8, 4) is 0 Å². The van der Waals surface area contributed by atoms with E-state index in [0.29, 0.717) is 13.0 Å². The third-order valence-electron chi connectivity index (χ3n) is 2.09. The van der Waals surface area contributed by atoms with E-state index in [-0.39, 0.29) is 5.82 Å². The Morgan fingerprint density at radius 2 is 2.00 bits per heavy atom. The van der Waals surface area contributed by atoms with Gasteiger partial charge in [-0.3, -0.25) is 0 Å². The number of hydrogen-bond donors (Lipinski definition) is 0. The zero-order valence-electron chi connectivity index (χ0n) is 8.24. The van der Waals surface area contributed by atoms with E-state index < -0.39 is 0 Å². The van der Waals surface area contributed by atoms with Crippen molar-refractivity contribution >= 4 is 12.0 Å². The number of hydrogen-bond acceptors (Lipinski definition) is 2. The lowest BCUT2D eigenvalue weighted by molar-refractivity contribution is -0.107. The Hall–Kier alpha value is -1.38. The van der Waals surface area contributed by atoms with Gasteiger partial charge in [0.05, 0.1) is 0 Å². The van der Waals surface area contributed by atoms with Crippen LogP contribution in [0.1, 0.15) is 13.3 Å². The third-order valence-corrected chi connectivity index (χ3v) is 2.09. The second kappa shape index (κ2) is 5.37. The molecule has 0 radical (unpaired) electrons. The number of benzene rings is 1. The van der Waals surface area contributed by atoms with E-state index in [1.54, 1.807) is 12.1 Å². The number of nitrogens with zero attached hydrogens (tertiary/aromatic N) is 1. The van der Waals surface area contributed by atoms with Gasteiger partial charge in [0, 0.05) is 25.2 Å². The van der Waals surface area contributed by atoms with Crippen LogP contribution < -0.4 is 4.90 Å². The first kappa shape index (κ1) is 10.7. The Bertz CT molecular complexity index is 284. The van der Waals surface area contributed by atoms with Gasteiger partial charge < -0.3 is 9.69 Å². The summed E-state index contributed by atoms with van der Waals surface area (Å²) in [6.45, 7) is 3.51. The summed E-state index contributed by atoms with van der Waals surface area (Å²) in [4.78, 5) is 12.3. The maximum Gasteiger partial charge on any atom is 0.123 e. The molecule has 0 bridgehead atoms. The average molecular weight is 195 g/mol. The second-order valence-corrected chi connectivity index (χ2v) is 3.01. The highest BCUT2D eigenvalue weighted by Crippen LogP contribution is 2.14. The van der Waals surface area contributed by atoms with Crippen LogP contribution in [0.5, 0.6) is 0 Å². The lowest BCUT2D eigenvalue weighted by Gasteiger charge is -2.21. The molecule has 0 saturated carbocycles. The summed E-state index contributed by atoms with van der Waals surface area (Å²) in [6, 6.07) is 6.31. The van der Waals surface area contributed by atoms with Crippen LogP contribution in [0.2, 0.25) is 0 Å². The van der Waals surface area contributed by atoms with Gasteiger partial charge in [-0.15, -0.1) is 0 Å². The molecule has 76 valence electrons. The van der Waals surface area contributed by atoms with Crippen LogP contribution in [0.25, 0.3) is 0 Å².